The third-order valence-corrected chi connectivity index (χ3v) is 7.11. The quantitative estimate of drug-likeness (QED) is 0.321. The van der Waals surface area contributed by atoms with Crippen LogP contribution in [0, 0.1) is 5.82 Å². The Bertz CT molecular complexity index is 1120. The van der Waals surface area contributed by atoms with Crippen molar-refractivity contribution in [2.24, 2.45) is 0 Å². The van der Waals surface area contributed by atoms with E-state index in [9.17, 15) is 9.18 Å². The van der Waals surface area contributed by atoms with Crippen LogP contribution in [-0.2, 0) is 4.74 Å². The van der Waals surface area contributed by atoms with E-state index >= 15 is 0 Å². The van der Waals surface area contributed by atoms with Crippen molar-refractivity contribution in [3.63, 3.8) is 0 Å². The summed E-state index contributed by atoms with van der Waals surface area (Å²) >= 11 is 3.10. The Morgan fingerprint density at radius 2 is 1.85 bits per heavy atom. The standard InChI is InChI=1S/C24H27FN4O2S2/c1-24(2,3)31-23(30)29-13-10-16(11-14-29)21-28-19(15-5-7-17(25)8-6-15)20(33-21)18-9-12-26-22(27-18)32-4/h5-9,12,16H,10-11,13-14H2,1-4H3. The zero-order valence-electron chi connectivity index (χ0n) is 19.2. The SMILES string of the molecule is CSc1nccc(-c2sc(C3CCN(C(=O)OC(C)(C)C)CC3)nc2-c2ccc(F)cc2)n1. The second kappa shape index (κ2) is 9.77. The van der Waals surface area contributed by atoms with E-state index < -0.39 is 5.60 Å². The fraction of sp³-hybridized carbons (Fsp3) is 0.417. The van der Waals surface area contributed by atoms with Crippen molar-refractivity contribution in [2.45, 2.75) is 50.3 Å². The molecule has 0 spiro atoms. The molecule has 1 fully saturated rings. The van der Waals surface area contributed by atoms with Gasteiger partial charge in [0, 0.05) is 30.8 Å². The monoisotopic (exact) mass is 486 g/mol. The second-order valence-electron chi connectivity index (χ2n) is 8.91. The predicted molar refractivity (Wildman–Crippen MR) is 130 cm³/mol. The molecule has 1 saturated heterocycles. The lowest BCUT2D eigenvalue weighted by atomic mass is 9.98. The molecule has 0 unspecified atom stereocenters. The van der Waals surface area contributed by atoms with Gasteiger partial charge in [0.15, 0.2) is 5.16 Å². The third-order valence-electron chi connectivity index (χ3n) is 5.31. The van der Waals surface area contributed by atoms with Crippen LogP contribution in [0.1, 0.15) is 44.5 Å². The molecular formula is C24H27FN4O2S2. The van der Waals surface area contributed by atoms with Crippen molar-refractivity contribution in [1.82, 2.24) is 19.9 Å². The number of nitrogens with zero attached hydrogens (tertiary/aromatic N) is 4. The van der Waals surface area contributed by atoms with E-state index in [-0.39, 0.29) is 17.8 Å². The normalized spacial score (nSPS) is 15.0. The Hall–Kier alpha value is -2.52. The second-order valence-corrected chi connectivity index (χ2v) is 10.7. The first-order valence-electron chi connectivity index (χ1n) is 10.9. The number of carbonyl (C=O) groups is 1. The molecule has 9 heteroatoms. The number of amides is 1. The Kier molecular flexibility index (Phi) is 6.99. The van der Waals surface area contributed by atoms with Crippen molar-refractivity contribution < 1.29 is 13.9 Å². The van der Waals surface area contributed by atoms with Gasteiger partial charge in [0.05, 0.1) is 21.3 Å². The number of aromatic nitrogens is 3. The lowest BCUT2D eigenvalue weighted by Crippen LogP contribution is -2.41. The molecule has 33 heavy (non-hydrogen) atoms. The molecule has 2 aromatic heterocycles. The number of halogens is 1. The summed E-state index contributed by atoms with van der Waals surface area (Å²) in [6.45, 7) is 6.89. The maximum atomic E-state index is 13.5. The van der Waals surface area contributed by atoms with Gasteiger partial charge in [-0.1, -0.05) is 11.8 Å². The maximum absolute atomic E-state index is 13.5. The van der Waals surface area contributed by atoms with Crippen molar-refractivity contribution in [3.05, 3.63) is 47.4 Å². The van der Waals surface area contributed by atoms with Crippen molar-refractivity contribution >= 4 is 29.2 Å². The number of thiazole rings is 1. The number of likely N-dealkylation sites (tertiary alicyclic amines) is 1. The molecule has 1 amide bonds. The van der Waals surface area contributed by atoms with Gasteiger partial charge in [-0.15, -0.1) is 11.3 Å². The molecule has 0 aliphatic carbocycles. The minimum absolute atomic E-state index is 0.239. The van der Waals surface area contributed by atoms with E-state index in [1.54, 1.807) is 34.6 Å². The van der Waals surface area contributed by atoms with Gasteiger partial charge in [0.2, 0.25) is 0 Å². The van der Waals surface area contributed by atoms with Gasteiger partial charge in [-0.2, -0.15) is 0 Å². The zero-order valence-corrected chi connectivity index (χ0v) is 20.8. The van der Waals surface area contributed by atoms with Gasteiger partial charge in [-0.05, 0) is 70.2 Å². The molecule has 0 bridgehead atoms. The number of hydrogen-bond donors (Lipinski definition) is 0. The van der Waals surface area contributed by atoms with Gasteiger partial charge >= 0.3 is 6.09 Å². The third kappa shape index (κ3) is 5.70. The highest BCUT2D eigenvalue weighted by atomic mass is 32.2. The van der Waals surface area contributed by atoms with Crippen LogP contribution in [-0.4, -0.2) is 50.9 Å². The van der Waals surface area contributed by atoms with Crippen molar-refractivity contribution in [3.8, 4) is 21.8 Å². The summed E-state index contributed by atoms with van der Waals surface area (Å²) in [6.07, 6.45) is 5.06. The van der Waals surface area contributed by atoms with E-state index in [4.69, 9.17) is 9.72 Å². The summed E-state index contributed by atoms with van der Waals surface area (Å²) in [5.41, 5.74) is 1.96. The van der Waals surface area contributed by atoms with Gasteiger partial charge < -0.3 is 9.64 Å². The molecule has 0 N–H and O–H groups in total. The van der Waals surface area contributed by atoms with Crippen LogP contribution in [0.5, 0.6) is 0 Å². The summed E-state index contributed by atoms with van der Waals surface area (Å²) < 4.78 is 19.1. The van der Waals surface area contributed by atoms with E-state index in [2.05, 4.69) is 9.97 Å². The molecule has 174 valence electrons. The summed E-state index contributed by atoms with van der Waals surface area (Å²) in [4.78, 5) is 29.1. The molecule has 1 aliphatic heterocycles. The lowest BCUT2D eigenvalue weighted by molar-refractivity contribution is 0.0205. The van der Waals surface area contributed by atoms with Gasteiger partial charge in [-0.25, -0.2) is 24.1 Å². The Morgan fingerprint density at radius 1 is 1.15 bits per heavy atom. The van der Waals surface area contributed by atoms with Gasteiger partial charge in [0.25, 0.3) is 0 Å². The highest BCUT2D eigenvalue weighted by molar-refractivity contribution is 7.98. The molecule has 3 heterocycles. The predicted octanol–water partition coefficient (Wildman–Crippen LogP) is 6.24. The molecule has 0 saturated carbocycles. The smallest absolute Gasteiger partial charge is 0.410 e. The van der Waals surface area contributed by atoms with Gasteiger partial charge in [-0.3, -0.25) is 0 Å². The molecule has 6 nitrogen and oxygen atoms in total. The first-order chi connectivity index (χ1) is 15.7. The summed E-state index contributed by atoms with van der Waals surface area (Å²) in [6, 6.07) is 8.28. The van der Waals surface area contributed by atoms with E-state index in [1.165, 1.54) is 23.9 Å². The molecule has 3 aromatic rings. The first kappa shape index (κ1) is 23.6. The topological polar surface area (TPSA) is 68.2 Å². The largest absolute Gasteiger partial charge is 0.444 e. The highest BCUT2D eigenvalue weighted by Gasteiger charge is 2.30. The number of benzene rings is 1. The number of carbonyl (C=O) groups excluding carboxylic acids is 1. The van der Waals surface area contributed by atoms with Crippen LogP contribution in [0.3, 0.4) is 0 Å². The summed E-state index contributed by atoms with van der Waals surface area (Å²) in [5.74, 6) is -0.0412. The number of thioether (sulfide) groups is 1. The number of hydrogen-bond acceptors (Lipinski definition) is 7. The minimum atomic E-state index is -0.505. The number of ether oxygens (including phenoxy) is 1. The van der Waals surface area contributed by atoms with Crippen LogP contribution in [0.2, 0.25) is 0 Å². The summed E-state index contributed by atoms with van der Waals surface area (Å²) in [5, 5.41) is 1.70. The van der Waals surface area contributed by atoms with Crippen LogP contribution in [0.15, 0.2) is 41.7 Å². The molecule has 4 rings (SSSR count). The molecule has 1 aromatic carbocycles. The van der Waals surface area contributed by atoms with Crippen LogP contribution >= 0.6 is 23.1 Å². The fourth-order valence-electron chi connectivity index (χ4n) is 3.69. The van der Waals surface area contributed by atoms with E-state index in [0.717, 1.165) is 39.7 Å². The molecule has 0 atom stereocenters. The molecule has 1 aliphatic rings. The number of rotatable bonds is 4. The first-order valence-corrected chi connectivity index (χ1v) is 12.9. The fourth-order valence-corrected chi connectivity index (χ4v) is 5.27. The number of piperidine rings is 1. The molecule has 0 radical (unpaired) electrons. The Labute approximate surface area is 201 Å². The van der Waals surface area contributed by atoms with Crippen molar-refractivity contribution in [1.29, 1.82) is 0 Å². The van der Waals surface area contributed by atoms with Gasteiger partial charge in [0.1, 0.15) is 11.4 Å². The van der Waals surface area contributed by atoms with E-state index in [0.29, 0.717) is 18.2 Å². The minimum Gasteiger partial charge on any atom is -0.444 e. The summed E-state index contributed by atoms with van der Waals surface area (Å²) in [7, 11) is 0. The maximum Gasteiger partial charge on any atom is 0.410 e. The van der Waals surface area contributed by atoms with Crippen LogP contribution in [0.4, 0.5) is 9.18 Å². The average Bonchev–Trinajstić information content (AvgIpc) is 3.24. The Balaban J connectivity index is 1.61. The zero-order chi connectivity index (χ0) is 23.6. The highest BCUT2D eigenvalue weighted by Crippen LogP contribution is 2.41. The molecular weight excluding hydrogens is 459 g/mol. The van der Waals surface area contributed by atoms with Crippen LogP contribution < -0.4 is 0 Å². The average molecular weight is 487 g/mol. The van der Waals surface area contributed by atoms with E-state index in [1.807, 2.05) is 33.1 Å². The lowest BCUT2D eigenvalue weighted by Gasteiger charge is -2.32. The van der Waals surface area contributed by atoms with Crippen molar-refractivity contribution in [2.75, 3.05) is 19.3 Å². The Morgan fingerprint density at radius 3 is 2.48 bits per heavy atom. The van der Waals surface area contributed by atoms with Crippen LogP contribution in [0.25, 0.3) is 21.8 Å².